The highest BCUT2D eigenvalue weighted by Crippen LogP contribution is 2.21. The third-order valence-electron chi connectivity index (χ3n) is 3.98. The van der Waals surface area contributed by atoms with Gasteiger partial charge in [-0.25, -0.2) is 8.42 Å². The van der Waals surface area contributed by atoms with Crippen LogP contribution in [-0.4, -0.2) is 26.7 Å². The molecule has 0 aliphatic heterocycles. The van der Waals surface area contributed by atoms with Crippen LogP contribution in [0.5, 0.6) is 5.75 Å². The summed E-state index contributed by atoms with van der Waals surface area (Å²) in [4.78, 5) is 13.2. The minimum Gasteiger partial charge on any atom is -0.494 e. The smallest absolute Gasteiger partial charge is 0.261 e. The van der Waals surface area contributed by atoms with Crippen molar-refractivity contribution in [1.82, 2.24) is 0 Å². The van der Waals surface area contributed by atoms with E-state index in [-0.39, 0.29) is 16.6 Å². The molecule has 0 aromatic heterocycles. The van der Waals surface area contributed by atoms with Gasteiger partial charge in [0.25, 0.3) is 10.0 Å². The number of carbonyl (C=O) groups excluding carboxylic acids is 1. The molecule has 0 fully saturated rings. The van der Waals surface area contributed by atoms with Crippen molar-refractivity contribution >= 4 is 39.1 Å². The zero-order valence-corrected chi connectivity index (χ0v) is 18.0. The van der Waals surface area contributed by atoms with E-state index in [2.05, 4.69) is 10.0 Å². The maximum Gasteiger partial charge on any atom is 0.261 e. The molecule has 0 atom stereocenters. The molecule has 3 aromatic carbocycles. The van der Waals surface area contributed by atoms with Crippen LogP contribution in [0.1, 0.15) is 6.92 Å². The van der Waals surface area contributed by atoms with Crippen molar-refractivity contribution < 1.29 is 17.9 Å². The maximum atomic E-state index is 12.6. The first-order chi connectivity index (χ1) is 14.5. The van der Waals surface area contributed by atoms with E-state index >= 15 is 0 Å². The Kier molecular flexibility index (Phi) is 7.37. The average molecular weight is 443 g/mol. The number of benzene rings is 3. The van der Waals surface area contributed by atoms with Crippen molar-refractivity contribution in [3.05, 3.63) is 78.9 Å². The summed E-state index contributed by atoms with van der Waals surface area (Å²) in [6.45, 7) is 2.42. The van der Waals surface area contributed by atoms with Gasteiger partial charge in [0.2, 0.25) is 5.91 Å². The Labute approximate surface area is 180 Å². The van der Waals surface area contributed by atoms with Crippen molar-refractivity contribution in [2.75, 3.05) is 22.4 Å². The number of thioether (sulfide) groups is 1. The molecule has 8 heteroatoms. The average Bonchev–Trinajstić information content (AvgIpc) is 2.75. The Hall–Kier alpha value is -2.97. The fourth-order valence-corrected chi connectivity index (χ4v) is 4.36. The molecule has 0 bridgehead atoms. The number of hydrogen-bond acceptors (Lipinski definition) is 5. The normalized spacial score (nSPS) is 11.0. The molecule has 156 valence electrons. The van der Waals surface area contributed by atoms with Gasteiger partial charge in [-0.15, -0.1) is 11.8 Å². The van der Waals surface area contributed by atoms with Gasteiger partial charge in [0.15, 0.2) is 0 Å². The van der Waals surface area contributed by atoms with Crippen molar-refractivity contribution in [3.63, 3.8) is 0 Å². The van der Waals surface area contributed by atoms with Gasteiger partial charge in [-0.2, -0.15) is 0 Å². The van der Waals surface area contributed by atoms with Crippen LogP contribution in [0.2, 0.25) is 0 Å². The van der Waals surface area contributed by atoms with Gasteiger partial charge in [-0.1, -0.05) is 18.2 Å². The molecule has 0 aliphatic rings. The summed E-state index contributed by atoms with van der Waals surface area (Å²) in [6.07, 6.45) is 0. The molecular weight excluding hydrogens is 420 g/mol. The topological polar surface area (TPSA) is 84.5 Å². The van der Waals surface area contributed by atoms with Crippen LogP contribution in [0, 0.1) is 0 Å². The first-order valence-corrected chi connectivity index (χ1v) is 11.8. The Bertz CT molecular complexity index is 1070. The molecule has 0 spiro atoms. The van der Waals surface area contributed by atoms with Crippen LogP contribution >= 0.6 is 11.8 Å². The van der Waals surface area contributed by atoms with Crippen LogP contribution < -0.4 is 14.8 Å². The van der Waals surface area contributed by atoms with E-state index in [1.807, 2.05) is 37.3 Å². The van der Waals surface area contributed by atoms with Crippen molar-refractivity contribution in [2.45, 2.75) is 16.7 Å². The summed E-state index contributed by atoms with van der Waals surface area (Å²) < 4.78 is 33.0. The summed E-state index contributed by atoms with van der Waals surface area (Å²) in [5, 5.41) is 2.77. The zero-order valence-electron chi connectivity index (χ0n) is 16.4. The molecule has 2 N–H and O–H groups in total. The van der Waals surface area contributed by atoms with Gasteiger partial charge in [0.1, 0.15) is 5.75 Å². The van der Waals surface area contributed by atoms with Crippen LogP contribution in [0.3, 0.4) is 0 Å². The number of sulfonamides is 1. The summed E-state index contributed by atoms with van der Waals surface area (Å²) in [7, 11) is -3.74. The van der Waals surface area contributed by atoms with Gasteiger partial charge in [0, 0.05) is 16.3 Å². The summed E-state index contributed by atoms with van der Waals surface area (Å²) in [6, 6.07) is 22.4. The lowest BCUT2D eigenvalue weighted by molar-refractivity contribution is -0.113. The number of rotatable bonds is 9. The van der Waals surface area contributed by atoms with Gasteiger partial charge in [0.05, 0.1) is 17.3 Å². The highest BCUT2D eigenvalue weighted by Gasteiger charge is 2.14. The van der Waals surface area contributed by atoms with E-state index < -0.39 is 10.0 Å². The zero-order chi connectivity index (χ0) is 21.4. The molecule has 30 heavy (non-hydrogen) atoms. The van der Waals surface area contributed by atoms with E-state index in [0.717, 1.165) is 4.90 Å². The molecule has 0 heterocycles. The molecule has 1 amide bonds. The molecule has 0 radical (unpaired) electrons. The SMILES string of the molecule is CCOc1ccc(NS(=O)(=O)c2ccc(NC(=O)CSc3ccccc3)cc2)cc1. The predicted octanol–water partition coefficient (Wildman–Crippen LogP) is 4.62. The van der Waals surface area contributed by atoms with Crippen molar-refractivity contribution in [3.8, 4) is 5.75 Å². The van der Waals surface area contributed by atoms with Crippen molar-refractivity contribution in [1.29, 1.82) is 0 Å². The highest BCUT2D eigenvalue weighted by molar-refractivity contribution is 8.00. The van der Waals surface area contributed by atoms with Gasteiger partial charge < -0.3 is 10.1 Å². The second-order valence-corrected chi connectivity index (χ2v) is 8.97. The summed E-state index contributed by atoms with van der Waals surface area (Å²) in [5.41, 5.74) is 0.974. The van der Waals surface area contributed by atoms with Crippen LogP contribution in [-0.2, 0) is 14.8 Å². The van der Waals surface area contributed by atoms with Crippen LogP contribution in [0.4, 0.5) is 11.4 Å². The lowest BCUT2D eigenvalue weighted by Crippen LogP contribution is -2.15. The standard InChI is InChI=1S/C22H22N2O4S2/c1-2-28-19-12-8-18(9-13-19)24-30(26,27)21-14-10-17(11-15-21)23-22(25)16-29-20-6-4-3-5-7-20/h3-15,24H,2,16H2,1H3,(H,23,25). The van der Waals surface area contributed by atoms with Gasteiger partial charge >= 0.3 is 0 Å². The summed E-state index contributed by atoms with van der Waals surface area (Å²) in [5.74, 6) is 0.779. The Balaban J connectivity index is 1.57. The van der Waals surface area contributed by atoms with Crippen LogP contribution in [0.15, 0.2) is 88.7 Å². The number of hydrogen-bond donors (Lipinski definition) is 2. The molecular formula is C22H22N2O4S2. The van der Waals surface area contributed by atoms with Crippen LogP contribution in [0.25, 0.3) is 0 Å². The second-order valence-electron chi connectivity index (χ2n) is 6.24. The van der Waals surface area contributed by atoms with E-state index in [0.29, 0.717) is 23.7 Å². The van der Waals surface area contributed by atoms with Crippen molar-refractivity contribution in [2.24, 2.45) is 0 Å². The van der Waals surface area contributed by atoms with E-state index in [4.69, 9.17) is 4.74 Å². The number of nitrogens with one attached hydrogen (secondary N) is 2. The monoisotopic (exact) mass is 442 g/mol. The molecule has 0 saturated heterocycles. The lowest BCUT2D eigenvalue weighted by Gasteiger charge is -2.10. The number of carbonyl (C=O) groups is 1. The minimum absolute atomic E-state index is 0.105. The molecule has 3 rings (SSSR count). The quantitative estimate of drug-likeness (QED) is 0.473. The Morgan fingerprint density at radius 2 is 1.53 bits per heavy atom. The largest absolute Gasteiger partial charge is 0.494 e. The fraction of sp³-hybridized carbons (Fsp3) is 0.136. The minimum atomic E-state index is -3.74. The first kappa shape index (κ1) is 21.7. The van der Waals surface area contributed by atoms with E-state index in [1.165, 1.54) is 23.9 Å². The molecule has 0 unspecified atom stereocenters. The fourth-order valence-electron chi connectivity index (χ4n) is 2.58. The Morgan fingerprint density at radius 3 is 2.17 bits per heavy atom. The predicted molar refractivity (Wildman–Crippen MR) is 121 cm³/mol. The molecule has 6 nitrogen and oxygen atoms in total. The first-order valence-electron chi connectivity index (χ1n) is 9.30. The van der Waals surface area contributed by atoms with Gasteiger partial charge in [-0.3, -0.25) is 9.52 Å². The number of amides is 1. The number of ether oxygens (including phenoxy) is 1. The second kappa shape index (κ2) is 10.2. The number of anilines is 2. The maximum absolute atomic E-state index is 12.6. The molecule has 0 saturated carbocycles. The lowest BCUT2D eigenvalue weighted by atomic mass is 10.3. The van der Waals surface area contributed by atoms with E-state index in [9.17, 15) is 13.2 Å². The third kappa shape index (κ3) is 6.27. The van der Waals surface area contributed by atoms with Gasteiger partial charge in [-0.05, 0) is 67.6 Å². The molecule has 0 aliphatic carbocycles. The van der Waals surface area contributed by atoms with E-state index in [1.54, 1.807) is 36.4 Å². The molecule has 3 aromatic rings. The summed E-state index contributed by atoms with van der Waals surface area (Å²) >= 11 is 1.43. The Morgan fingerprint density at radius 1 is 0.900 bits per heavy atom. The highest BCUT2D eigenvalue weighted by atomic mass is 32.2. The third-order valence-corrected chi connectivity index (χ3v) is 6.39.